The van der Waals surface area contributed by atoms with Crippen molar-refractivity contribution in [2.45, 2.75) is 45.7 Å². The highest BCUT2D eigenvalue weighted by atomic mass is 19.4. The Morgan fingerprint density at radius 3 is 2.44 bits per heavy atom. The Hall–Kier alpha value is -1.21. The average Bonchev–Trinajstić information content (AvgIpc) is 2.30. The van der Waals surface area contributed by atoms with Gasteiger partial charge >= 0.3 is 6.18 Å². The summed E-state index contributed by atoms with van der Waals surface area (Å²) in [4.78, 5) is 0. The molecule has 0 aliphatic heterocycles. The molecule has 0 amide bonds. The molecule has 0 heterocycles. The van der Waals surface area contributed by atoms with Crippen molar-refractivity contribution in [1.82, 2.24) is 0 Å². The van der Waals surface area contributed by atoms with Crippen LogP contribution in [0.4, 0.5) is 13.2 Å². The van der Waals surface area contributed by atoms with E-state index < -0.39 is 12.1 Å². The summed E-state index contributed by atoms with van der Waals surface area (Å²) in [6.45, 7) is 6.53. The van der Waals surface area contributed by atoms with Crippen molar-refractivity contribution in [3.05, 3.63) is 41.2 Å². The lowest BCUT2D eigenvalue weighted by molar-refractivity contribution is -0.158. The van der Waals surface area contributed by atoms with Crippen LogP contribution in [-0.4, -0.2) is 6.18 Å². The van der Waals surface area contributed by atoms with E-state index in [1.54, 1.807) is 6.08 Å². The molecule has 0 aromatic heterocycles. The van der Waals surface area contributed by atoms with E-state index in [0.717, 1.165) is 31.8 Å². The molecule has 1 aliphatic carbocycles. The normalized spacial score (nSPS) is 18.9. The van der Waals surface area contributed by atoms with Crippen molar-refractivity contribution in [2.75, 3.05) is 0 Å². The van der Waals surface area contributed by atoms with Gasteiger partial charge in [0.2, 0.25) is 0 Å². The van der Waals surface area contributed by atoms with Gasteiger partial charge in [-0.1, -0.05) is 24.3 Å². The van der Waals surface area contributed by atoms with Crippen LogP contribution in [0.5, 0.6) is 0 Å². The zero-order valence-corrected chi connectivity index (χ0v) is 10.9. The Morgan fingerprint density at radius 1 is 1.33 bits per heavy atom. The maximum absolute atomic E-state index is 12.6. The van der Waals surface area contributed by atoms with Crippen LogP contribution in [0.3, 0.4) is 0 Å². The highest BCUT2D eigenvalue weighted by Crippen LogP contribution is 2.32. The number of rotatable bonds is 3. The topological polar surface area (TPSA) is 0 Å². The second-order valence-corrected chi connectivity index (χ2v) is 4.74. The molecular formula is C15H19F3. The van der Waals surface area contributed by atoms with Gasteiger partial charge in [-0.2, -0.15) is 13.2 Å². The van der Waals surface area contributed by atoms with Crippen LogP contribution in [0.2, 0.25) is 0 Å². The lowest BCUT2D eigenvalue weighted by atomic mass is 9.91. The highest BCUT2D eigenvalue weighted by molar-refractivity contribution is 5.32. The third-order valence-electron chi connectivity index (χ3n) is 3.42. The molecule has 0 saturated heterocycles. The number of alkyl halides is 3. The van der Waals surface area contributed by atoms with Gasteiger partial charge in [-0.15, -0.1) is 5.73 Å². The molecule has 0 bridgehead atoms. The van der Waals surface area contributed by atoms with E-state index in [0.29, 0.717) is 0 Å². The predicted octanol–water partition coefficient (Wildman–Crippen LogP) is 5.34. The predicted molar refractivity (Wildman–Crippen MR) is 68.2 cm³/mol. The summed E-state index contributed by atoms with van der Waals surface area (Å²) in [6.07, 6.45) is 3.35. The first kappa shape index (κ1) is 14.8. The third-order valence-corrected chi connectivity index (χ3v) is 3.42. The van der Waals surface area contributed by atoms with Gasteiger partial charge in [0.05, 0.1) is 5.92 Å². The Bertz CT molecular complexity index is 404. The summed E-state index contributed by atoms with van der Waals surface area (Å²) in [5.74, 6) is -1.52. The van der Waals surface area contributed by atoms with Crippen molar-refractivity contribution >= 4 is 0 Å². The van der Waals surface area contributed by atoms with Crippen LogP contribution in [0.25, 0.3) is 0 Å². The van der Waals surface area contributed by atoms with Crippen LogP contribution >= 0.6 is 0 Å². The molecule has 0 radical (unpaired) electrons. The van der Waals surface area contributed by atoms with Crippen molar-refractivity contribution in [3.8, 4) is 0 Å². The standard InChI is InChI=1S/C15H19F3/c1-4-13(12(3)15(16,17)18)9-10-14-8-6-5-7-11(14)2/h9-10,12H,1,5-8H2,2-3H3/b10-9-/t12-/m0/s1. The molecule has 0 nitrogen and oxygen atoms in total. The molecule has 1 atom stereocenters. The molecule has 0 N–H and O–H groups in total. The molecule has 0 spiro atoms. The summed E-state index contributed by atoms with van der Waals surface area (Å²) < 4.78 is 37.8. The van der Waals surface area contributed by atoms with Crippen molar-refractivity contribution < 1.29 is 13.2 Å². The minimum Gasteiger partial charge on any atom is -0.170 e. The smallest absolute Gasteiger partial charge is 0.170 e. The minimum atomic E-state index is -4.24. The van der Waals surface area contributed by atoms with Gasteiger partial charge in [0, 0.05) is 5.57 Å². The lowest BCUT2D eigenvalue weighted by Gasteiger charge is -2.17. The van der Waals surface area contributed by atoms with Crippen LogP contribution < -0.4 is 0 Å². The van der Waals surface area contributed by atoms with Crippen LogP contribution in [-0.2, 0) is 0 Å². The molecule has 3 heteroatoms. The van der Waals surface area contributed by atoms with E-state index >= 15 is 0 Å². The number of hydrogen-bond donors (Lipinski definition) is 0. The largest absolute Gasteiger partial charge is 0.396 e. The molecular weight excluding hydrogens is 237 g/mol. The van der Waals surface area contributed by atoms with E-state index in [-0.39, 0.29) is 5.57 Å². The van der Waals surface area contributed by atoms with E-state index in [9.17, 15) is 13.2 Å². The molecule has 1 rings (SSSR count). The second kappa shape index (κ2) is 6.10. The fourth-order valence-electron chi connectivity index (χ4n) is 2.03. The second-order valence-electron chi connectivity index (χ2n) is 4.74. The Balaban J connectivity index is 2.85. The van der Waals surface area contributed by atoms with E-state index in [1.807, 2.05) is 6.92 Å². The first-order chi connectivity index (χ1) is 8.36. The van der Waals surface area contributed by atoms with Gasteiger partial charge in [-0.05, 0) is 45.1 Å². The van der Waals surface area contributed by atoms with Gasteiger partial charge in [-0.25, -0.2) is 0 Å². The highest BCUT2D eigenvalue weighted by Gasteiger charge is 2.37. The Kier molecular flexibility index (Phi) is 5.03. The summed E-state index contributed by atoms with van der Waals surface area (Å²) in [6, 6.07) is 0. The average molecular weight is 256 g/mol. The van der Waals surface area contributed by atoms with Gasteiger partial charge < -0.3 is 0 Å². The quantitative estimate of drug-likeness (QED) is 0.472. The first-order valence-corrected chi connectivity index (χ1v) is 6.19. The van der Waals surface area contributed by atoms with Gasteiger partial charge in [0.25, 0.3) is 0 Å². The zero-order chi connectivity index (χ0) is 13.8. The van der Waals surface area contributed by atoms with Gasteiger partial charge in [-0.3, -0.25) is 0 Å². The summed E-state index contributed by atoms with van der Waals surface area (Å²) in [7, 11) is 0. The first-order valence-electron chi connectivity index (χ1n) is 6.19. The molecule has 0 unspecified atom stereocenters. The van der Waals surface area contributed by atoms with E-state index in [4.69, 9.17) is 0 Å². The van der Waals surface area contributed by atoms with Crippen LogP contribution in [0.15, 0.2) is 41.2 Å². The van der Waals surface area contributed by atoms with Gasteiger partial charge in [0.1, 0.15) is 0 Å². The molecule has 0 fully saturated rings. The maximum Gasteiger partial charge on any atom is 0.396 e. The van der Waals surface area contributed by atoms with Crippen molar-refractivity contribution in [2.24, 2.45) is 5.92 Å². The monoisotopic (exact) mass is 256 g/mol. The maximum atomic E-state index is 12.6. The van der Waals surface area contributed by atoms with Crippen molar-refractivity contribution in [1.29, 1.82) is 0 Å². The SMILES string of the molecule is C=C=C(/C=C\C1=C(C)CCCC1)[C@H](C)C(F)(F)F. The minimum absolute atomic E-state index is 0.105. The fraction of sp³-hybridized carbons (Fsp3) is 0.533. The van der Waals surface area contributed by atoms with Gasteiger partial charge in [0.15, 0.2) is 0 Å². The molecule has 18 heavy (non-hydrogen) atoms. The Labute approximate surface area is 107 Å². The molecule has 1 aliphatic rings. The summed E-state index contributed by atoms with van der Waals surface area (Å²) >= 11 is 0. The summed E-state index contributed by atoms with van der Waals surface area (Å²) in [5, 5.41) is 0. The van der Waals surface area contributed by atoms with E-state index in [2.05, 4.69) is 12.3 Å². The van der Waals surface area contributed by atoms with Crippen molar-refractivity contribution in [3.63, 3.8) is 0 Å². The summed E-state index contributed by atoms with van der Waals surface area (Å²) in [5.41, 5.74) is 4.94. The fourth-order valence-corrected chi connectivity index (χ4v) is 2.03. The third kappa shape index (κ3) is 3.92. The lowest BCUT2D eigenvalue weighted by Crippen LogP contribution is -2.20. The molecule has 0 aromatic rings. The zero-order valence-electron chi connectivity index (χ0n) is 10.9. The number of hydrogen-bond acceptors (Lipinski definition) is 0. The molecule has 100 valence electrons. The number of halogens is 3. The van der Waals surface area contributed by atoms with Crippen LogP contribution in [0.1, 0.15) is 39.5 Å². The number of allylic oxidation sites excluding steroid dienone is 5. The van der Waals surface area contributed by atoms with Crippen LogP contribution in [0, 0.1) is 5.92 Å². The molecule has 0 aromatic carbocycles. The van der Waals surface area contributed by atoms with E-state index in [1.165, 1.54) is 18.1 Å². The Morgan fingerprint density at radius 2 is 1.94 bits per heavy atom. The molecule has 0 saturated carbocycles.